The number of ketones is 1. The summed E-state index contributed by atoms with van der Waals surface area (Å²) in [7, 11) is 0. The molecule has 0 saturated heterocycles. The molecule has 2 heterocycles. The molecule has 134 valence electrons. The molecule has 1 atom stereocenters. The van der Waals surface area contributed by atoms with Crippen molar-refractivity contribution in [3.63, 3.8) is 0 Å². The monoisotopic (exact) mass is 454 g/mol. The third-order valence-corrected chi connectivity index (χ3v) is 5.83. The molecule has 6 nitrogen and oxygen atoms in total. The van der Waals surface area contributed by atoms with Crippen molar-refractivity contribution in [2.45, 2.75) is 12.5 Å². The summed E-state index contributed by atoms with van der Waals surface area (Å²) in [6.45, 7) is 0. The minimum Gasteiger partial charge on any atom is -0.467 e. The number of furan rings is 1. The van der Waals surface area contributed by atoms with Crippen LogP contribution in [0.15, 0.2) is 56.9 Å². The molecule has 0 radical (unpaired) electrons. The number of rotatable bonds is 7. The molecule has 1 aromatic carbocycles. The van der Waals surface area contributed by atoms with Crippen LogP contribution >= 0.6 is 38.9 Å². The molecule has 9 heteroatoms. The number of anilines is 1. The van der Waals surface area contributed by atoms with E-state index < -0.39 is 11.0 Å². The SMILES string of the molecule is O=C(CC(Nc1ccc(Cl)c([N+](=O)[O-])c1)c1ccco1)c1sccc1Br. The van der Waals surface area contributed by atoms with Gasteiger partial charge < -0.3 is 9.73 Å². The summed E-state index contributed by atoms with van der Waals surface area (Å²) in [6.07, 6.45) is 1.64. The van der Waals surface area contributed by atoms with Crippen molar-refractivity contribution >= 4 is 56.0 Å². The number of carbonyl (C=O) groups is 1. The fraction of sp³-hybridized carbons (Fsp3) is 0.118. The molecular weight excluding hydrogens is 444 g/mol. The molecule has 26 heavy (non-hydrogen) atoms. The highest BCUT2D eigenvalue weighted by Crippen LogP contribution is 2.32. The van der Waals surface area contributed by atoms with Crippen LogP contribution < -0.4 is 5.32 Å². The van der Waals surface area contributed by atoms with Gasteiger partial charge in [0, 0.05) is 22.6 Å². The highest BCUT2D eigenvalue weighted by molar-refractivity contribution is 9.10. The van der Waals surface area contributed by atoms with Gasteiger partial charge in [-0.1, -0.05) is 11.6 Å². The number of benzene rings is 1. The molecule has 2 aromatic heterocycles. The molecule has 0 saturated carbocycles. The summed E-state index contributed by atoms with van der Waals surface area (Å²) in [4.78, 5) is 23.8. The molecule has 3 rings (SSSR count). The number of nitro groups is 1. The van der Waals surface area contributed by atoms with Gasteiger partial charge in [-0.3, -0.25) is 14.9 Å². The maximum atomic E-state index is 12.6. The van der Waals surface area contributed by atoms with E-state index >= 15 is 0 Å². The van der Waals surface area contributed by atoms with Crippen molar-refractivity contribution in [1.82, 2.24) is 0 Å². The van der Waals surface area contributed by atoms with Gasteiger partial charge in [-0.25, -0.2) is 0 Å². The van der Waals surface area contributed by atoms with Crippen LogP contribution in [-0.2, 0) is 0 Å². The zero-order valence-corrected chi connectivity index (χ0v) is 16.3. The minimum atomic E-state index is -0.552. The molecule has 0 fully saturated rings. The quantitative estimate of drug-likeness (QED) is 0.265. The number of hydrogen-bond donors (Lipinski definition) is 1. The zero-order chi connectivity index (χ0) is 18.7. The number of nitro benzene ring substituents is 1. The van der Waals surface area contributed by atoms with Gasteiger partial charge in [-0.05, 0) is 51.6 Å². The Bertz CT molecular complexity index is 942. The largest absolute Gasteiger partial charge is 0.467 e. The predicted molar refractivity (Wildman–Crippen MR) is 104 cm³/mol. The number of thiophene rings is 1. The Labute approximate surface area is 166 Å². The van der Waals surface area contributed by atoms with E-state index in [0.717, 1.165) is 4.47 Å². The second-order valence-electron chi connectivity index (χ2n) is 5.36. The van der Waals surface area contributed by atoms with Gasteiger partial charge >= 0.3 is 0 Å². The van der Waals surface area contributed by atoms with Crippen LogP contribution in [0.1, 0.15) is 27.9 Å². The molecule has 0 spiro atoms. The molecule has 0 aliphatic heterocycles. The highest BCUT2D eigenvalue weighted by atomic mass is 79.9. The Kier molecular flexibility index (Phi) is 5.75. The van der Waals surface area contributed by atoms with Crippen molar-refractivity contribution in [1.29, 1.82) is 0 Å². The lowest BCUT2D eigenvalue weighted by molar-refractivity contribution is -0.384. The molecule has 0 aliphatic rings. The van der Waals surface area contributed by atoms with Gasteiger partial charge in [0.1, 0.15) is 10.8 Å². The van der Waals surface area contributed by atoms with E-state index in [2.05, 4.69) is 21.2 Å². The molecule has 0 amide bonds. The van der Waals surface area contributed by atoms with E-state index in [1.165, 1.54) is 29.7 Å². The molecule has 1 unspecified atom stereocenters. The summed E-state index contributed by atoms with van der Waals surface area (Å²) in [5.74, 6) is 0.493. The Hall–Kier alpha value is -2.16. The van der Waals surface area contributed by atoms with Crippen molar-refractivity contribution in [2.75, 3.05) is 5.32 Å². The van der Waals surface area contributed by atoms with Crippen molar-refractivity contribution in [3.8, 4) is 0 Å². The summed E-state index contributed by atoms with van der Waals surface area (Å²) >= 11 is 10.6. The Morgan fingerprint density at radius 3 is 2.81 bits per heavy atom. The van der Waals surface area contributed by atoms with Crippen LogP contribution in [0.25, 0.3) is 0 Å². The van der Waals surface area contributed by atoms with Gasteiger partial charge in [0.15, 0.2) is 5.78 Å². The lowest BCUT2D eigenvalue weighted by atomic mass is 10.1. The van der Waals surface area contributed by atoms with E-state index in [0.29, 0.717) is 16.3 Å². The van der Waals surface area contributed by atoms with E-state index in [9.17, 15) is 14.9 Å². The molecule has 3 aromatic rings. The summed E-state index contributed by atoms with van der Waals surface area (Å²) in [5.41, 5.74) is 0.266. The summed E-state index contributed by atoms with van der Waals surface area (Å²) in [6, 6.07) is 9.21. The Morgan fingerprint density at radius 2 is 2.19 bits per heavy atom. The maximum absolute atomic E-state index is 12.6. The standard InChI is InChI=1S/C17H12BrClN2O4S/c18-11-5-7-26-17(11)15(22)9-13(16-2-1-6-25-16)20-10-3-4-12(19)14(8-10)21(23)24/h1-8,13,20H,9H2. The van der Waals surface area contributed by atoms with Gasteiger partial charge in [-0.15, -0.1) is 11.3 Å². The van der Waals surface area contributed by atoms with Gasteiger partial charge in [-0.2, -0.15) is 0 Å². The van der Waals surface area contributed by atoms with E-state index in [-0.39, 0.29) is 22.9 Å². The first-order valence-electron chi connectivity index (χ1n) is 7.46. The Balaban J connectivity index is 1.86. The smallest absolute Gasteiger partial charge is 0.289 e. The average Bonchev–Trinajstić information content (AvgIpc) is 3.27. The van der Waals surface area contributed by atoms with Crippen LogP contribution in [0.3, 0.4) is 0 Å². The maximum Gasteiger partial charge on any atom is 0.289 e. The topological polar surface area (TPSA) is 85.4 Å². The number of hydrogen-bond acceptors (Lipinski definition) is 6. The van der Waals surface area contributed by atoms with Crippen LogP contribution in [0.5, 0.6) is 0 Å². The second kappa shape index (κ2) is 8.03. The number of halogens is 2. The lowest BCUT2D eigenvalue weighted by Gasteiger charge is -2.17. The average molecular weight is 456 g/mol. The van der Waals surface area contributed by atoms with Gasteiger partial charge in [0.05, 0.1) is 22.1 Å². The molecule has 1 N–H and O–H groups in total. The third-order valence-electron chi connectivity index (χ3n) is 3.63. The third kappa shape index (κ3) is 4.14. The van der Waals surface area contributed by atoms with Crippen molar-refractivity contribution in [3.05, 3.63) is 78.3 Å². The first-order valence-corrected chi connectivity index (χ1v) is 9.51. The highest BCUT2D eigenvalue weighted by Gasteiger charge is 2.23. The van der Waals surface area contributed by atoms with Crippen LogP contribution in [0.4, 0.5) is 11.4 Å². The van der Waals surface area contributed by atoms with Gasteiger partial charge in [0.25, 0.3) is 5.69 Å². The number of Topliss-reactive ketones (excluding diaryl/α,β-unsaturated/α-hetero) is 1. The molecule has 0 aliphatic carbocycles. The zero-order valence-electron chi connectivity index (χ0n) is 13.1. The van der Waals surface area contributed by atoms with Crippen molar-refractivity contribution in [2.24, 2.45) is 0 Å². The fourth-order valence-electron chi connectivity index (χ4n) is 2.43. The van der Waals surface area contributed by atoms with E-state index in [1.54, 1.807) is 18.2 Å². The fourth-order valence-corrected chi connectivity index (χ4v) is 4.16. The Morgan fingerprint density at radius 1 is 1.38 bits per heavy atom. The van der Waals surface area contributed by atoms with E-state index in [1.807, 2.05) is 11.4 Å². The summed E-state index contributed by atoms with van der Waals surface area (Å²) in [5, 5.41) is 16.1. The normalized spacial score (nSPS) is 11.9. The number of carbonyl (C=O) groups excluding carboxylic acids is 1. The molecule has 0 bridgehead atoms. The van der Waals surface area contributed by atoms with Crippen LogP contribution in [0.2, 0.25) is 5.02 Å². The molecular formula is C17H12BrClN2O4S. The minimum absolute atomic E-state index is 0.0497. The van der Waals surface area contributed by atoms with Crippen LogP contribution in [-0.4, -0.2) is 10.7 Å². The number of nitrogens with one attached hydrogen (secondary N) is 1. The first kappa shape index (κ1) is 18.6. The predicted octanol–water partition coefficient (Wildman–Crippen LogP) is 6.09. The van der Waals surface area contributed by atoms with Crippen LogP contribution in [0, 0.1) is 10.1 Å². The number of nitrogens with zero attached hydrogens (tertiary/aromatic N) is 1. The second-order valence-corrected chi connectivity index (χ2v) is 7.54. The first-order chi connectivity index (χ1) is 12.5. The van der Waals surface area contributed by atoms with Crippen molar-refractivity contribution < 1.29 is 14.1 Å². The van der Waals surface area contributed by atoms with Gasteiger partial charge in [0.2, 0.25) is 0 Å². The summed E-state index contributed by atoms with van der Waals surface area (Å²) < 4.78 is 6.18. The lowest BCUT2D eigenvalue weighted by Crippen LogP contribution is -2.15. The van der Waals surface area contributed by atoms with E-state index in [4.69, 9.17) is 16.0 Å².